The first-order valence-corrected chi connectivity index (χ1v) is 8.01. The van der Waals surface area contributed by atoms with Crippen LogP contribution < -0.4 is 0 Å². The summed E-state index contributed by atoms with van der Waals surface area (Å²) >= 11 is 2.51. The van der Waals surface area contributed by atoms with Gasteiger partial charge >= 0.3 is 0 Å². The maximum absolute atomic E-state index is 9.74. The first kappa shape index (κ1) is 15.7. The highest BCUT2D eigenvalue weighted by Crippen LogP contribution is 2.26. The molecule has 1 fully saturated rings. The van der Waals surface area contributed by atoms with Crippen molar-refractivity contribution in [3.63, 3.8) is 0 Å². The van der Waals surface area contributed by atoms with Crippen molar-refractivity contribution in [3.05, 3.63) is 0 Å². The molecule has 0 amide bonds. The van der Waals surface area contributed by atoms with Crippen LogP contribution in [0.2, 0.25) is 0 Å². The second-order valence-corrected chi connectivity index (χ2v) is 6.70. The molecule has 0 saturated heterocycles. The van der Waals surface area contributed by atoms with Gasteiger partial charge in [-0.05, 0) is 38.5 Å². The zero-order valence-electron chi connectivity index (χ0n) is 10.5. The number of rotatable bonds is 8. The molecule has 0 spiro atoms. The van der Waals surface area contributed by atoms with E-state index >= 15 is 0 Å². The van der Waals surface area contributed by atoms with Gasteiger partial charge in [0.25, 0.3) is 0 Å². The number of ether oxygens (including phenoxy) is 1. The highest BCUT2D eigenvalue weighted by molar-refractivity contribution is 14.1. The van der Waals surface area contributed by atoms with Gasteiger partial charge in [-0.25, -0.2) is 0 Å². The lowest BCUT2D eigenvalue weighted by atomic mass is 9.97. The minimum absolute atomic E-state index is 0.256. The van der Waals surface area contributed by atoms with E-state index in [4.69, 9.17) is 9.84 Å². The van der Waals surface area contributed by atoms with Crippen LogP contribution in [-0.4, -0.2) is 39.6 Å². The Morgan fingerprint density at radius 3 is 2.47 bits per heavy atom. The van der Waals surface area contributed by atoms with E-state index in [9.17, 15) is 5.11 Å². The Bertz CT molecular complexity index is 182. The standard InChI is InChI=1S/C13H25IO3/c14-11-5-7-13(8-6-11)17-10-12(16)4-2-1-3-9-15/h11-13,15-16H,1-10H2/t11?,12-,13?/m0/s1. The molecule has 0 bridgehead atoms. The topological polar surface area (TPSA) is 49.7 Å². The molecular formula is C13H25IO3. The highest BCUT2D eigenvalue weighted by atomic mass is 127. The zero-order valence-corrected chi connectivity index (χ0v) is 12.6. The third kappa shape index (κ3) is 7.59. The third-order valence-corrected chi connectivity index (χ3v) is 4.57. The summed E-state index contributed by atoms with van der Waals surface area (Å²) in [5.41, 5.74) is 0. The van der Waals surface area contributed by atoms with Gasteiger partial charge in [0.2, 0.25) is 0 Å². The quantitative estimate of drug-likeness (QED) is 0.399. The van der Waals surface area contributed by atoms with Crippen molar-refractivity contribution < 1.29 is 14.9 Å². The molecule has 0 aromatic heterocycles. The van der Waals surface area contributed by atoms with Crippen LogP contribution in [0.25, 0.3) is 0 Å². The fraction of sp³-hybridized carbons (Fsp3) is 1.00. The Morgan fingerprint density at radius 2 is 1.82 bits per heavy atom. The average molecular weight is 356 g/mol. The van der Waals surface area contributed by atoms with Gasteiger partial charge in [-0.1, -0.05) is 35.4 Å². The summed E-state index contributed by atoms with van der Waals surface area (Å²) in [6.07, 6.45) is 8.43. The predicted molar refractivity (Wildman–Crippen MR) is 77.6 cm³/mol. The lowest BCUT2D eigenvalue weighted by Gasteiger charge is -2.26. The summed E-state index contributed by atoms with van der Waals surface area (Å²) in [6, 6.07) is 0. The van der Waals surface area contributed by atoms with Crippen LogP contribution in [0.15, 0.2) is 0 Å². The van der Waals surface area contributed by atoms with Crippen molar-refractivity contribution in [1.82, 2.24) is 0 Å². The molecule has 1 rings (SSSR count). The smallest absolute Gasteiger partial charge is 0.0773 e. The molecule has 0 aromatic carbocycles. The largest absolute Gasteiger partial charge is 0.396 e. The Kier molecular flexibility index (Phi) is 8.78. The van der Waals surface area contributed by atoms with E-state index in [-0.39, 0.29) is 12.7 Å². The van der Waals surface area contributed by atoms with Crippen molar-refractivity contribution in [2.75, 3.05) is 13.2 Å². The molecule has 3 nitrogen and oxygen atoms in total. The summed E-state index contributed by atoms with van der Waals surface area (Å²) in [4.78, 5) is 0. The van der Waals surface area contributed by atoms with Crippen LogP contribution in [0.4, 0.5) is 0 Å². The second kappa shape index (κ2) is 9.53. The average Bonchev–Trinajstić information content (AvgIpc) is 2.34. The Labute approximate surface area is 118 Å². The van der Waals surface area contributed by atoms with E-state index in [1.165, 1.54) is 12.8 Å². The van der Waals surface area contributed by atoms with Crippen molar-refractivity contribution in [2.45, 2.75) is 67.5 Å². The summed E-state index contributed by atoms with van der Waals surface area (Å²) in [5, 5.41) is 18.4. The normalized spacial score (nSPS) is 27.0. The summed E-state index contributed by atoms with van der Waals surface area (Å²) in [5.74, 6) is 0. The first-order valence-electron chi connectivity index (χ1n) is 6.77. The molecule has 2 N–H and O–H groups in total. The molecule has 4 heteroatoms. The van der Waals surface area contributed by atoms with Gasteiger partial charge in [0.1, 0.15) is 0 Å². The van der Waals surface area contributed by atoms with Gasteiger partial charge in [0.15, 0.2) is 0 Å². The van der Waals surface area contributed by atoms with Crippen LogP contribution in [0, 0.1) is 0 Å². The Morgan fingerprint density at radius 1 is 1.12 bits per heavy atom. The second-order valence-electron chi connectivity index (χ2n) is 4.93. The summed E-state index contributed by atoms with van der Waals surface area (Å²) in [7, 11) is 0. The summed E-state index contributed by atoms with van der Waals surface area (Å²) < 4.78 is 6.56. The van der Waals surface area contributed by atoms with E-state index in [1.54, 1.807) is 0 Å². The summed E-state index contributed by atoms with van der Waals surface area (Å²) in [6.45, 7) is 0.738. The van der Waals surface area contributed by atoms with Crippen LogP contribution >= 0.6 is 22.6 Å². The Hall–Kier alpha value is 0.610. The first-order chi connectivity index (χ1) is 8.22. The number of hydrogen-bond acceptors (Lipinski definition) is 3. The third-order valence-electron chi connectivity index (χ3n) is 3.32. The predicted octanol–water partition coefficient (Wildman–Crippen LogP) is 2.66. The molecule has 1 saturated carbocycles. The maximum atomic E-state index is 9.74. The molecule has 0 radical (unpaired) electrons. The number of halogens is 1. The lowest BCUT2D eigenvalue weighted by molar-refractivity contribution is -0.0255. The highest BCUT2D eigenvalue weighted by Gasteiger charge is 2.20. The fourth-order valence-electron chi connectivity index (χ4n) is 2.19. The van der Waals surface area contributed by atoms with E-state index in [2.05, 4.69) is 22.6 Å². The van der Waals surface area contributed by atoms with Gasteiger partial charge in [-0.2, -0.15) is 0 Å². The molecule has 1 atom stereocenters. The Balaban J connectivity index is 1.97. The molecule has 0 aromatic rings. The fourth-order valence-corrected chi connectivity index (χ4v) is 2.91. The molecule has 17 heavy (non-hydrogen) atoms. The van der Waals surface area contributed by atoms with Gasteiger partial charge in [-0.3, -0.25) is 0 Å². The van der Waals surface area contributed by atoms with Gasteiger partial charge in [0, 0.05) is 10.5 Å². The van der Waals surface area contributed by atoms with Crippen LogP contribution in [0.5, 0.6) is 0 Å². The van der Waals surface area contributed by atoms with Crippen LogP contribution in [-0.2, 0) is 4.74 Å². The van der Waals surface area contributed by atoms with E-state index < -0.39 is 0 Å². The van der Waals surface area contributed by atoms with Crippen molar-refractivity contribution in [2.24, 2.45) is 0 Å². The van der Waals surface area contributed by atoms with E-state index in [1.807, 2.05) is 0 Å². The lowest BCUT2D eigenvalue weighted by Crippen LogP contribution is -2.26. The number of alkyl halides is 1. The van der Waals surface area contributed by atoms with Gasteiger partial charge in [-0.15, -0.1) is 0 Å². The van der Waals surface area contributed by atoms with Gasteiger partial charge in [0.05, 0.1) is 18.8 Å². The number of aliphatic hydroxyl groups is 2. The molecule has 0 heterocycles. The maximum Gasteiger partial charge on any atom is 0.0773 e. The minimum atomic E-state index is -0.328. The van der Waals surface area contributed by atoms with Crippen LogP contribution in [0.1, 0.15) is 51.4 Å². The van der Waals surface area contributed by atoms with Crippen molar-refractivity contribution >= 4 is 22.6 Å². The SMILES string of the molecule is OCCCCC[C@H](O)COC1CCC(I)CC1. The molecule has 1 aliphatic rings. The minimum Gasteiger partial charge on any atom is -0.396 e. The van der Waals surface area contributed by atoms with Crippen molar-refractivity contribution in [3.8, 4) is 0 Å². The number of hydrogen-bond donors (Lipinski definition) is 2. The molecule has 0 unspecified atom stereocenters. The van der Waals surface area contributed by atoms with E-state index in [0.717, 1.165) is 42.4 Å². The molecule has 102 valence electrons. The molecule has 0 aliphatic heterocycles. The van der Waals surface area contributed by atoms with Crippen molar-refractivity contribution in [1.29, 1.82) is 0 Å². The van der Waals surface area contributed by atoms with E-state index in [0.29, 0.717) is 12.7 Å². The number of aliphatic hydroxyl groups excluding tert-OH is 2. The number of unbranched alkanes of at least 4 members (excludes halogenated alkanes) is 2. The molecule has 1 aliphatic carbocycles. The van der Waals surface area contributed by atoms with Crippen LogP contribution in [0.3, 0.4) is 0 Å². The molecular weight excluding hydrogens is 331 g/mol. The zero-order chi connectivity index (χ0) is 12.5. The van der Waals surface area contributed by atoms with Gasteiger partial charge < -0.3 is 14.9 Å². The monoisotopic (exact) mass is 356 g/mol.